The number of nitrogens with one attached hydrogen (secondary N) is 1. The van der Waals surface area contributed by atoms with Gasteiger partial charge >= 0.3 is 0 Å². The van der Waals surface area contributed by atoms with E-state index in [0.29, 0.717) is 0 Å². The van der Waals surface area contributed by atoms with Crippen LogP contribution in [-0.2, 0) is 10.1 Å². The second-order valence-electron chi connectivity index (χ2n) is 4.56. The number of rotatable bonds is 3. The molecule has 0 heterocycles. The summed E-state index contributed by atoms with van der Waals surface area (Å²) in [6, 6.07) is 8.12. The molecule has 106 valence electrons. The fourth-order valence-electron chi connectivity index (χ4n) is 1.19. The summed E-state index contributed by atoms with van der Waals surface area (Å²) in [5, 5.41) is 11.4. The van der Waals surface area contributed by atoms with Crippen molar-refractivity contribution in [3.05, 3.63) is 29.8 Å². The largest absolute Gasteiger partial charge is 0.300 e. The van der Waals surface area contributed by atoms with Gasteiger partial charge in [0.15, 0.2) is 0 Å². The molecule has 0 saturated heterocycles. The SMILES string of the molecule is CCNC(C)(C)C#N.Cc1ccc(S(=O)(=O)O)cc1. The lowest BCUT2D eigenvalue weighted by molar-refractivity contribution is 0.483. The Morgan fingerprint density at radius 1 is 1.32 bits per heavy atom. The average Bonchev–Trinajstić information content (AvgIpc) is 2.29. The Kier molecular flexibility index (Phi) is 6.70. The molecule has 1 rings (SSSR count). The predicted octanol–water partition coefficient (Wildman–Crippen LogP) is 2.14. The maximum Gasteiger partial charge on any atom is 0.294 e. The van der Waals surface area contributed by atoms with E-state index in [1.807, 2.05) is 27.7 Å². The van der Waals surface area contributed by atoms with Crippen LogP contribution in [0.5, 0.6) is 0 Å². The van der Waals surface area contributed by atoms with Crippen LogP contribution in [0.2, 0.25) is 0 Å². The van der Waals surface area contributed by atoms with Gasteiger partial charge < -0.3 is 5.32 Å². The van der Waals surface area contributed by atoms with Gasteiger partial charge in [0, 0.05) is 0 Å². The highest BCUT2D eigenvalue weighted by atomic mass is 32.2. The zero-order chi connectivity index (χ0) is 15.1. The van der Waals surface area contributed by atoms with E-state index in [-0.39, 0.29) is 10.4 Å². The molecular formula is C13H20N2O3S. The van der Waals surface area contributed by atoms with Crippen LogP contribution < -0.4 is 5.32 Å². The van der Waals surface area contributed by atoms with Gasteiger partial charge in [-0.15, -0.1) is 0 Å². The first-order chi connectivity index (χ1) is 8.62. The van der Waals surface area contributed by atoms with E-state index in [9.17, 15) is 8.42 Å². The van der Waals surface area contributed by atoms with Crippen molar-refractivity contribution < 1.29 is 13.0 Å². The van der Waals surface area contributed by atoms with E-state index < -0.39 is 10.1 Å². The third kappa shape index (κ3) is 7.57. The van der Waals surface area contributed by atoms with E-state index in [0.717, 1.165) is 12.1 Å². The summed E-state index contributed by atoms with van der Waals surface area (Å²) in [5.74, 6) is 0. The molecule has 0 saturated carbocycles. The Morgan fingerprint density at radius 3 is 2.05 bits per heavy atom. The van der Waals surface area contributed by atoms with E-state index in [1.165, 1.54) is 12.1 Å². The van der Waals surface area contributed by atoms with Crippen LogP contribution >= 0.6 is 0 Å². The fraction of sp³-hybridized carbons (Fsp3) is 0.462. The molecule has 6 heteroatoms. The molecule has 0 fully saturated rings. The number of nitrogens with zero attached hydrogens (tertiary/aromatic N) is 1. The minimum atomic E-state index is -4.02. The Bertz CT molecular complexity index is 528. The van der Waals surface area contributed by atoms with E-state index in [2.05, 4.69) is 11.4 Å². The lowest BCUT2D eigenvalue weighted by atomic mass is 10.1. The Balaban J connectivity index is 0.000000362. The molecule has 19 heavy (non-hydrogen) atoms. The van der Waals surface area contributed by atoms with Gasteiger partial charge in [-0.05, 0) is 39.4 Å². The van der Waals surface area contributed by atoms with Crippen molar-refractivity contribution >= 4 is 10.1 Å². The lowest BCUT2D eigenvalue weighted by Crippen LogP contribution is -2.37. The number of benzene rings is 1. The highest BCUT2D eigenvalue weighted by molar-refractivity contribution is 7.85. The van der Waals surface area contributed by atoms with Crippen molar-refractivity contribution in [2.75, 3.05) is 6.54 Å². The second kappa shape index (κ2) is 7.24. The standard InChI is InChI=1S/C7H8O3S.C6H12N2/c1-6-2-4-7(5-3-6)11(8,9)10;1-4-8-6(2,3)5-7/h2-5H,1H3,(H,8,9,10);8H,4H2,1-3H3. The summed E-state index contributed by atoms with van der Waals surface area (Å²) in [5.41, 5.74) is 0.603. The van der Waals surface area contributed by atoms with Crippen LogP contribution in [0.3, 0.4) is 0 Å². The molecule has 0 unspecified atom stereocenters. The smallest absolute Gasteiger partial charge is 0.294 e. The van der Waals surface area contributed by atoms with Crippen LogP contribution in [-0.4, -0.2) is 25.1 Å². The van der Waals surface area contributed by atoms with Gasteiger partial charge in [-0.1, -0.05) is 24.6 Å². The molecule has 0 radical (unpaired) electrons. The minimum Gasteiger partial charge on any atom is -0.300 e. The summed E-state index contributed by atoms with van der Waals surface area (Å²) in [7, 11) is -4.02. The third-order valence-electron chi connectivity index (χ3n) is 2.22. The molecule has 0 atom stereocenters. The van der Waals surface area contributed by atoms with E-state index >= 15 is 0 Å². The van der Waals surface area contributed by atoms with Crippen LogP contribution in [0.4, 0.5) is 0 Å². The van der Waals surface area contributed by atoms with E-state index in [1.54, 1.807) is 12.1 Å². The maximum absolute atomic E-state index is 10.5. The molecule has 2 N–H and O–H groups in total. The van der Waals surface area contributed by atoms with E-state index in [4.69, 9.17) is 9.81 Å². The maximum atomic E-state index is 10.5. The molecule has 1 aromatic rings. The highest BCUT2D eigenvalue weighted by Crippen LogP contribution is 2.08. The molecule has 0 aliphatic carbocycles. The number of nitriles is 1. The Morgan fingerprint density at radius 2 is 1.79 bits per heavy atom. The lowest BCUT2D eigenvalue weighted by Gasteiger charge is -2.14. The number of hydrogen-bond acceptors (Lipinski definition) is 4. The zero-order valence-electron chi connectivity index (χ0n) is 11.6. The topological polar surface area (TPSA) is 90.2 Å². The monoisotopic (exact) mass is 284 g/mol. The summed E-state index contributed by atoms with van der Waals surface area (Å²) < 4.78 is 29.6. The quantitative estimate of drug-likeness (QED) is 0.830. The van der Waals surface area contributed by atoms with Gasteiger partial charge in [-0.2, -0.15) is 13.7 Å². The Hall–Kier alpha value is -1.42. The third-order valence-corrected chi connectivity index (χ3v) is 3.08. The molecule has 0 bridgehead atoms. The normalized spacial score (nSPS) is 11.2. The number of hydrogen-bond donors (Lipinski definition) is 2. The van der Waals surface area contributed by atoms with Gasteiger partial charge in [-0.3, -0.25) is 4.55 Å². The highest BCUT2D eigenvalue weighted by Gasteiger charge is 2.12. The first-order valence-corrected chi connectivity index (χ1v) is 7.27. The predicted molar refractivity (Wildman–Crippen MR) is 74.4 cm³/mol. The summed E-state index contributed by atoms with van der Waals surface area (Å²) >= 11 is 0. The average molecular weight is 284 g/mol. The van der Waals surface area contributed by atoms with Gasteiger partial charge in [0.25, 0.3) is 10.1 Å². The first kappa shape index (κ1) is 17.6. The van der Waals surface area contributed by atoms with Crippen molar-refractivity contribution in [1.82, 2.24) is 5.32 Å². The number of aryl methyl sites for hydroxylation is 1. The van der Waals surface area contributed by atoms with Crippen molar-refractivity contribution in [3.63, 3.8) is 0 Å². The summed E-state index contributed by atoms with van der Waals surface area (Å²) in [4.78, 5) is -0.0666. The summed E-state index contributed by atoms with van der Waals surface area (Å²) in [6.07, 6.45) is 0. The van der Waals surface area contributed by atoms with Gasteiger partial charge in [0.05, 0.1) is 11.0 Å². The Labute approximate surface area is 115 Å². The van der Waals surface area contributed by atoms with Crippen molar-refractivity contribution in [3.8, 4) is 6.07 Å². The zero-order valence-corrected chi connectivity index (χ0v) is 12.5. The minimum absolute atomic E-state index is 0.0666. The first-order valence-electron chi connectivity index (χ1n) is 5.83. The molecule has 0 aliphatic rings. The molecule has 0 aromatic heterocycles. The van der Waals surface area contributed by atoms with Crippen LogP contribution in [0, 0.1) is 18.3 Å². The molecule has 5 nitrogen and oxygen atoms in total. The summed E-state index contributed by atoms with van der Waals surface area (Å²) in [6.45, 7) is 8.39. The van der Waals surface area contributed by atoms with Crippen molar-refractivity contribution in [2.24, 2.45) is 0 Å². The molecule has 0 spiro atoms. The fourth-order valence-corrected chi connectivity index (χ4v) is 1.67. The molecular weight excluding hydrogens is 264 g/mol. The van der Waals surface area contributed by atoms with Gasteiger partial charge in [-0.25, -0.2) is 0 Å². The molecule has 0 amide bonds. The molecule has 0 aliphatic heterocycles. The van der Waals surface area contributed by atoms with Crippen LogP contribution in [0.15, 0.2) is 29.2 Å². The second-order valence-corrected chi connectivity index (χ2v) is 5.98. The van der Waals surface area contributed by atoms with Crippen molar-refractivity contribution in [2.45, 2.75) is 38.1 Å². The molecule has 1 aromatic carbocycles. The van der Waals surface area contributed by atoms with Crippen LogP contribution in [0.25, 0.3) is 0 Å². The van der Waals surface area contributed by atoms with Crippen LogP contribution in [0.1, 0.15) is 26.3 Å². The van der Waals surface area contributed by atoms with Crippen molar-refractivity contribution in [1.29, 1.82) is 5.26 Å². The van der Waals surface area contributed by atoms with Gasteiger partial charge in [0.1, 0.15) is 5.54 Å². The van der Waals surface area contributed by atoms with Gasteiger partial charge in [0.2, 0.25) is 0 Å².